The van der Waals surface area contributed by atoms with Crippen LogP contribution in [0.2, 0.25) is 0 Å². The van der Waals surface area contributed by atoms with E-state index in [0.717, 1.165) is 40.6 Å². The number of nitrogens with zero attached hydrogens (tertiary/aromatic N) is 1. The highest BCUT2D eigenvalue weighted by Crippen LogP contribution is 2.35. The fourth-order valence-corrected chi connectivity index (χ4v) is 4.25. The molecule has 152 valence electrons. The van der Waals surface area contributed by atoms with Crippen molar-refractivity contribution >= 4 is 22.6 Å². The Morgan fingerprint density at radius 2 is 2.00 bits per heavy atom. The van der Waals surface area contributed by atoms with Gasteiger partial charge in [-0.3, -0.25) is 9.89 Å². The summed E-state index contributed by atoms with van der Waals surface area (Å²) in [5.74, 6) is 2.47. The van der Waals surface area contributed by atoms with Crippen LogP contribution in [0.3, 0.4) is 0 Å². The lowest BCUT2D eigenvalue weighted by atomic mass is 9.96. The molecule has 2 N–H and O–H groups in total. The Morgan fingerprint density at radius 3 is 2.72 bits per heavy atom. The van der Waals surface area contributed by atoms with Crippen LogP contribution in [0.5, 0.6) is 5.75 Å². The lowest BCUT2D eigenvalue weighted by Crippen LogP contribution is -2.15. The van der Waals surface area contributed by atoms with E-state index in [2.05, 4.69) is 53.6 Å². The Hall–Kier alpha value is -2.82. The average molecular weight is 392 g/mol. The topological polar surface area (TPSA) is 67.0 Å². The van der Waals surface area contributed by atoms with E-state index in [1.165, 1.54) is 18.4 Å². The molecular weight excluding hydrogens is 362 g/mol. The van der Waals surface area contributed by atoms with E-state index in [4.69, 9.17) is 4.74 Å². The number of hydrogen-bond acceptors (Lipinski definition) is 3. The number of benzene rings is 2. The van der Waals surface area contributed by atoms with Crippen LogP contribution in [-0.4, -0.2) is 23.2 Å². The van der Waals surface area contributed by atoms with Crippen molar-refractivity contribution in [2.75, 3.05) is 12.4 Å². The Morgan fingerprint density at radius 1 is 1.21 bits per heavy atom. The number of anilines is 1. The van der Waals surface area contributed by atoms with Crippen LogP contribution < -0.4 is 10.1 Å². The van der Waals surface area contributed by atoms with Crippen molar-refractivity contribution in [3.63, 3.8) is 0 Å². The van der Waals surface area contributed by atoms with Gasteiger partial charge >= 0.3 is 0 Å². The van der Waals surface area contributed by atoms with Crippen molar-refractivity contribution in [2.45, 2.75) is 51.9 Å². The molecule has 1 heterocycles. The SMILES string of the molecule is COc1ccc(C(C)C)cc1-c1ccc2c(NC(=O)CC3CCCC3)n[nH]c2c1. The summed E-state index contributed by atoms with van der Waals surface area (Å²) in [7, 11) is 1.70. The van der Waals surface area contributed by atoms with Gasteiger partial charge in [0.15, 0.2) is 5.82 Å². The van der Waals surface area contributed by atoms with Crippen molar-refractivity contribution in [3.8, 4) is 16.9 Å². The molecule has 1 aliphatic rings. The minimum absolute atomic E-state index is 0.0562. The third-order valence-electron chi connectivity index (χ3n) is 5.97. The zero-order valence-electron chi connectivity index (χ0n) is 17.4. The highest BCUT2D eigenvalue weighted by molar-refractivity contribution is 6.00. The molecule has 3 aromatic rings. The molecule has 2 aromatic carbocycles. The second-order valence-corrected chi connectivity index (χ2v) is 8.35. The second kappa shape index (κ2) is 8.27. The van der Waals surface area contributed by atoms with Gasteiger partial charge in [0.2, 0.25) is 5.91 Å². The summed E-state index contributed by atoms with van der Waals surface area (Å²) >= 11 is 0. The molecule has 5 heteroatoms. The molecule has 29 heavy (non-hydrogen) atoms. The Bertz CT molecular complexity index is 1020. The number of amides is 1. The fourth-order valence-electron chi connectivity index (χ4n) is 4.25. The Kier molecular flexibility index (Phi) is 5.56. The van der Waals surface area contributed by atoms with Crippen LogP contribution in [0.4, 0.5) is 5.82 Å². The van der Waals surface area contributed by atoms with Gasteiger partial charge < -0.3 is 10.1 Å². The highest BCUT2D eigenvalue weighted by atomic mass is 16.5. The zero-order chi connectivity index (χ0) is 20.4. The van der Waals surface area contributed by atoms with Crippen LogP contribution in [-0.2, 0) is 4.79 Å². The Labute approximate surface area is 171 Å². The first-order chi connectivity index (χ1) is 14.0. The number of H-pyrrole nitrogens is 1. The summed E-state index contributed by atoms with van der Waals surface area (Å²) in [4.78, 5) is 12.4. The van der Waals surface area contributed by atoms with E-state index >= 15 is 0 Å². The number of fused-ring (bicyclic) bond motifs is 1. The van der Waals surface area contributed by atoms with Crippen LogP contribution in [0.25, 0.3) is 22.0 Å². The van der Waals surface area contributed by atoms with Gasteiger partial charge in [0.05, 0.1) is 12.6 Å². The fraction of sp³-hybridized carbons (Fsp3) is 0.417. The molecular formula is C24H29N3O2. The lowest BCUT2D eigenvalue weighted by Gasteiger charge is -2.13. The minimum Gasteiger partial charge on any atom is -0.496 e. The number of nitrogens with one attached hydrogen (secondary N) is 2. The van der Waals surface area contributed by atoms with Crippen molar-refractivity contribution in [1.82, 2.24) is 10.2 Å². The molecule has 1 saturated carbocycles. The van der Waals surface area contributed by atoms with Crippen LogP contribution in [0.15, 0.2) is 36.4 Å². The van der Waals surface area contributed by atoms with Crippen LogP contribution in [0, 0.1) is 5.92 Å². The summed E-state index contributed by atoms with van der Waals surface area (Å²) in [6.07, 6.45) is 5.40. The summed E-state index contributed by atoms with van der Waals surface area (Å²) in [6.45, 7) is 4.37. The number of hydrogen-bond donors (Lipinski definition) is 2. The molecule has 4 rings (SSSR count). The number of carbonyl (C=O) groups excluding carboxylic acids is 1. The summed E-state index contributed by atoms with van der Waals surface area (Å²) < 4.78 is 5.58. The summed E-state index contributed by atoms with van der Waals surface area (Å²) in [5.41, 5.74) is 4.28. The van der Waals surface area contributed by atoms with Gasteiger partial charge in [0.1, 0.15) is 5.75 Å². The van der Waals surface area contributed by atoms with Gasteiger partial charge in [0, 0.05) is 17.4 Å². The third kappa shape index (κ3) is 4.14. The molecule has 0 unspecified atom stereocenters. The van der Waals surface area contributed by atoms with E-state index in [-0.39, 0.29) is 5.91 Å². The van der Waals surface area contributed by atoms with Gasteiger partial charge in [-0.1, -0.05) is 38.8 Å². The van der Waals surface area contributed by atoms with Crippen LogP contribution >= 0.6 is 0 Å². The van der Waals surface area contributed by atoms with Crippen molar-refractivity contribution in [3.05, 3.63) is 42.0 Å². The van der Waals surface area contributed by atoms with Gasteiger partial charge in [-0.15, -0.1) is 0 Å². The number of ether oxygens (including phenoxy) is 1. The van der Waals surface area contributed by atoms with Gasteiger partial charge in [0.25, 0.3) is 0 Å². The molecule has 5 nitrogen and oxygen atoms in total. The molecule has 0 bridgehead atoms. The first-order valence-electron chi connectivity index (χ1n) is 10.5. The maximum atomic E-state index is 12.4. The number of aromatic amines is 1. The van der Waals surface area contributed by atoms with E-state index in [0.29, 0.717) is 24.1 Å². The second-order valence-electron chi connectivity index (χ2n) is 8.35. The molecule has 1 fully saturated rings. The van der Waals surface area contributed by atoms with E-state index in [1.54, 1.807) is 7.11 Å². The van der Waals surface area contributed by atoms with Gasteiger partial charge in [-0.05, 0) is 60.1 Å². The standard InChI is InChI=1S/C24H29N3O2/c1-15(2)17-9-11-22(29-3)20(13-17)18-8-10-19-21(14-18)26-27-24(19)25-23(28)12-16-6-4-5-7-16/h8-11,13-16H,4-7,12H2,1-3H3,(H2,25,26,27,28). The van der Waals surface area contributed by atoms with Crippen molar-refractivity contribution < 1.29 is 9.53 Å². The highest BCUT2D eigenvalue weighted by Gasteiger charge is 2.19. The van der Waals surface area contributed by atoms with E-state index in [9.17, 15) is 4.79 Å². The van der Waals surface area contributed by atoms with Gasteiger partial charge in [-0.25, -0.2) is 0 Å². The normalized spacial score (nSPS) is 14.6. The van der Waals surface area contributed by atoms with Crippen LogP contribution in [0.1, 0.15) is 57.4 Å². The quantitative estimate of drug-likeness (QED) is 0.551. The monoisotopic (exact) mass is 391 g/mol. The molecule has 0 aliphatic heterocycles. The first kappa shape index (κ1) is 19.5. The largest absolute Gasteiger partial charge is 0.496 e. The van der Waals surface area contributed by atoms with E-state index < -0.39 is 0 Å². The Balaban J connectivity index is 1.60. The average Bonchev–Trinajstić information content (AvgIpc) is 3.37. The number of aromatic nitrogens is 2. The molecule has 0 saturated heterocycles. The molecule has 0 atom stereocenters. The van der Waals surface area contributed by atoms with Gasteiger partial charge in [-0.2, -0.15) is 5.10 Å². The summed E-state index contributed by atoms with van der Waals surface area (Å²) in [6, 6.07) is 12.5. The zero-order valence-corrected chi connectivity index (χ0v) is 17.4. The van der Waals surface area contributed by atoms with Crippen molar-refractivity contribution in [2.24, 2.45) is 5.92 Å². The molecule has 0 radical (unpaired) electrons. The lowest BCUT2D eigenvalue weighted by molar-refractivity contribution is -0.117. The smallest absolute Gasteiger partial charge is 0.225 e. The maximum Gasteiger partial charge on any atom is 0.225 e. The minimum atomic E-state index is 0.0562. The maximum absolute atomic E-state index is 12.4. The molecule has 1 aromatic heterocycles. The van der Waals surface area contributed by atoms with E-state index in [1.807, 2.05) is 12.1 Å². The summed E-state index contributed by atoms with van der Waals surface area (Å²) in [5, 5.41) is 11.3. The predicted molar refractivity (Wildman–Crippen MR) is 117 cm³/mol. The molecule has 1 amide bonds. The molecule has 0 spiro atoms. The molecule has 1 aliphatic carbocycles. The first-order valence-corrected chi connectivity index (χ1v) is 10.5. The number of carbonyl (C=O) groups is 1. The number of rotatable bonds is 6. The third-order valence-corrected chi connectivity index (χ3v) is 5.97. The predicted octanol–water partition coefficient (Wildman–Crippen LogP) is 5.88. The van der Waals surface area contributed by atoms with Crippen molar-refractivity contribution in [1.29, 1.82) is 0 Å². The number of methoxy groups -OCH3 is 1.